The summed E-state index contributed by atoms with van der Waals surface area (Å²) in [5.41, 5.74) is 3.20. The summed E-state index contributed by atoms with van der Waals surface area (Å²) in [4.78, 5) is 16.4. The van der Waals surface area contributed by atoms with Crippen LogP contribution in [0.15, 0.2) is 54.6 Å². The molecule has 0 saturated carbocycles. The van der Waals surface area contributed by atoms with Crippen molar-refractivity contribution in [3.05, 3.63) is 75.8 Å². The Morgan fingerprint density at radius 3 is 2.48 bits per heavy atom. The second-order valence-corrected chi connectivity index (χ2v) is 7.89. The molecule has 1 aliphatic heterocycles. The number of ether oxygens (including phenoxy) is 1. The Morgan fingerprint density at radius 1 is 1.00 bits per heavy atom. The zero-order valence-corrected chi connectivity index (χ0v) is 16.8. The first-order valence-corrected chi connectivity index (χ1v) is 10.6. The van der Waals surface area contributed by atoms with Crippen LogP contribution in [0.4, 0.5) is 5.69 Å². The van der Waals surface area contributed by atoms with Crippen molar-refractivity contribution >= 4 is 5.69 Å². The standard InChI is InChI=1S/C23H29N3O3/c27-26(28)23-21-10-5-4-7-19(21)11-12-22(23)29-18-6-13-24-14-16-25(17-15-24)20-8-2-1-3-9-20/h1-5,7-10,22-23H,6,11-18H2. The van der Waals surface area contributed by atoms with Crippen LogP contribution in [0.3, 0.4) is 0 Å². The van der Waals surface area contributed by atoms with Crippen LogP contribution < -0.4 is 4.90 Å². The number of hydrogen-bond donors (Lipinski definition) is 0. The Bertz CT molecular complexity index is 806. The molecule has 0 aromatic heterocycles. The number of para-hydroxylation sites is 1. The summed E-state index contributed by atoms with van der Waals surface area (Å²) in [6.45, 7) is 5.72. The van der Waals surface area contributed by atoms with Gasteiger partial charge in [-0.25, -0.2) is 0 Å². The quantitative estimate of drug-likeness (QED) is 0.408. The predicted molar refractivity (Wildman–Crippen MR) is 114 cm³/mol. The Labute approximate surface area is 172 Å². The van der Waals surface area contributed by atoms with Gasteiger partial charge in [-0.2, -0.15) is 0 Å². The first-order chi connectivity index (χ1) is 14.2. The molecule has 0 bridgehead atoms. The van der Waals surface area contributed by atoms with Crippen molar-refractivity contribution in [1.82, 2.24) is 4.90 Å². The van der Waals surface area contributed by atoms with Crippen molar-refractivity contribution in [3.8, 4) is 0 Å². The van der Waals surface area contributed by atoms with Gasteiger partial charge in [-0.3, -0.25) is 15.0 Å². The van der Waals surface area contributed by atoms with Crippen molar-refractivity contribution in [2.75, 3.05) is 44.2 Å². The van der Waals surface area contributed by atoms with Crippen LogP contribution in [-0.2, 0) is 11.2 Å². The fourth-order valence-electron chi connectivity index (χ4n) is 4.52. The van der Waals surface area contributed by atoms with E-state index in [2.05, 4.69) is 34.1 Å². The Morgan fingerprint density at radius 2 is 1.72 bits per heavy atom. The number of rotatable bonds is 7. The molecule has 2 unspecified atom stereocenters. The zero-order chi connectivity index (χ0) is 20.1. The third-order valence-electron chi connectivity index (χ3n) is 6.10. The van der Waals surface area contributed by atoms with Crippen molar-refractivity contribution in [3.63, 3.8) is 0 Å². The minimum Gasteiger partial charge on any atom is -0.371 e. The van der Waals surface area contributed by atoms with E-state index >= 15 is 0 Å². The van der Waals surface area contributed by atoms with Gasteiger partial charge < -0.3 is 9.64 Å². The van der Waals surface area contributed by atoms with E-state index in [1.165, 1.54) is 5.69 Å². The Hall–Kier alpha value is -2.44. The minimum absolute atomic E-state index is 0.175. The van der Waals surface area contributed by atoms with E-state index < -0.39 is 6.04 Å². The van der Waals surface area contributed by atoms with Crippen LogP contribution in [0.25, 0.3) is 0 Å². The largest absolute Gasteiger partial charge is 0.371 e. The summed E-state index contributed by atoms with van der Waals surface area (Å²) in [5, 5.41) is 11.7. The normalized spacial score (nSPS) is 22.3. The molecule has 29 heavy (non-hydrogen) atoms. The number of nitro groups is 1. The highest BCUT2D eigenvalue weighted by molar-refractivity contribution is 5.46. The maximum atomic E-state index is 11.7. The molecule has 4 rings (SSSR count). The topological polar surface area (TPSA) is 58.9 Å². The lowest BCUT2D eigenvalue weighted by atomic mass is 9.86. The highest BCUT2D eigenvalue weighted by Gasteiger charge is 2.38. The van der Waals surface area contributed by atoms with Gasteiger partial charge in [0.05, 0.1) is 0 Å². The van der Waals surface area contributed by atoms with Crippen LogP contribution >= 0.6 is 0 Å². The van der Waals surface area contributed by atoms with Crippen molar-refractivity contribution < 1.29 is 9.66 Å². The van der Waals surface area contributed by atoms with E-state index in [1.807, 2.05) is 30.3 Å². The number of benzene rings is 2. The van der Waals surface area contributed by atoms with Gasteiger partial charge in [-0.15, -0.1) is 0 Å². The fourth-order valence-corrected chi connectivity index (χ4v) is 4.52. The van der Waals surface area contributed by atoms with Gasteiger partial charge >= 0.3 is 0 Å². The molecular formula is C23H29N3O3. The van der Waals surface area contributed by atoms with Gasteiger partial charge in [-0.1, -0.05) is 42.5 Å². The monoisotopic (exact) mass is 395 g/mol. The first-order valence-electron chi connectivity index (χ1n) is 10.6. The van der Waals surface area contributed by atoms with Crippen LogP contribution in [0.5, 0.6) is 0 Å². The van der Waals surface area contributed by atoms with E-state index in [1.54, 1.807) is 0 Å². The maximum Gasteiger partial charge on any atom is 0.264 e. The molecule has 1 heterocycles. The summed E-state index contributed by atoms with van der Waals surface area (Å²) in [6, 6.07) is 17.5. The fraction of sp³-hybridized carbons (Fsp3) is 0.478. The van der Waals surface area contributed by atoms with Crippen LogP contribution in [-0.4, -0.2) is 55.3 Å². The molecule has 2 aliphatic rings. The van der Waals surface area contributed by atoms with Gasteiger partial charge in [0, 0.05) is 55.5 Å². The van der Waals surface area contributed by atoms with Crippen molar-refractivity contribution in [2.24, 2.45) is 0 Å². The molecule has 6 heteroatoms. The summed E-state index contributed by atoms with van der Waals surface area (Å²) in [6.07, 6.45) is 2.16. The SMILES string of the molecule is O=[N+]([O-])C1c2ccccc2CCC1OCCCN1CCN(c2ccccc2)CC1. The highest BCUT2D eigenvalue weighted by Crippen LogP contribution is 2.34. The highest BCUT2D eigenvalue weighted by atomic mass is 16.6. The summed E-state index contributed by atoms with van der Waals surface area (Å²) in [7, 11) is 0. The van der Waals surface area contributed by atoms with Crippen LogP contribution in [0.2, 0.25) is 0 Å². The average Bonchev–Trinajstić information content (AvgIpc) is 2.77. The van der Waals surface area contributed by atoms with Crippen LogP contribution in [0.1, 0.15) is 30.0 Å². The zero-order valence-electron chi connectivity index (χ0n) is 16.8. The molecule has 2 aromatic carbocycles. The second kappa shape index (κ2) is 9.37. The van der Waals surface area contributed by atoms with Gasteiger partial charge in [0.15, 0.2) is 0 Å². The number of fused-ring (bicyclic) bond motifs is 1. The van der Waals surface area contributed by atoms with Gasteiger partial charge in [0.2, 0.25) is 0 Å². The van der Waals surface area contributed by atoms with E-state index in [0.717, 1.165) is 63.1 Å². The smallest absolute Gasteiger partial charge is 0.264 e. The molecule has 2 aromatic rings. The lowest BCUT2D eigenvalue weighted by Gasteiger charge is -2.36. The molecule has 1 saturated heterocycles. The minimum atomic E-state index is -0.741. The van der Waals surface area contributed by atoms with Crippen LogP contribution in [0, 0.1) is 10.1 Å². The lowest BCUT2D eigenvalue weighted by molar-refractivity contribution is -0.543. The lowest BCUT2D eigenvalue weighted by Crippen LogP contribution is -2.46. The molecule has 0 spiro atoms. The van der Waals surface area contributed by atoms with Gasteiger partial charge in [-0.05, 0) is 37.0 Å². The number of piperazine rings is 1. The number of hydrogen-bond acceptors (Lipinski definition) is 5. The Kier molecular flexibility index (Phi) is 6.42. The number of anilines is 1. The van der Waals surface area contributed by atoms with E-state index in [0.29, 0.717) is 6.61 Å². The third kappa shape index (κ3) is 4.77. The molecular weight excluding hydrogens is 366 g/mol. The molecule has 0 amide bonds. The summed E-state index contributed by atoms with van der Waals surface area (Å²) in [5.74, 6) is 0. The molecule has 2 atom stereocenters. The average molecular weight is 396 g/mol. The molecule has 6 nitrogen and oxygen atoms in total. The summed E-state index contributed by atoms with van der Waals surface area (Å²) >= 11 is 0. The van der Waals surface area contributed by atoms with E-state index in [-0.39, 0.29) is 11.0 Å². The molecule has 154 valence electrons. The first kappa shape index (κ1) is 19.9. The summed E-state index contributed by atoms with van der Waals surface area (Å²) < 4.78 is 6.02. The second-order valence-electron chi connectivity index (χ2n) is 7.89. The third-order valence-corrected chi connectivity index (χ3v) is 6.10. The maximum absolute atomic E-state index is 11.7. The predicted octanol–water partition coefficient (Wildman–Crippen LogP) is 3.55. The molecule has 1 aliphatic carbocycles. The molecule has 1 fully saturated rings. The van der Waals surface area contributed by atoms with E-state index in [4.69, 9.17) is 4.74 Å². The molecule has 0 radical (unpaired) electrons. The van der Waals surface area contributed by atoms with Crippen molar-refractivity contribution in [2.45, 2.75) is 31.4 Å². The number of nitrogens with zero attached hydrogens (tertiary/aromatic N) is 3. The van der Waals surface area contributed by atoms with E-state index in [9.17, 15) is 10.1 Å². The van der Waals surface area contributed by atoms with Crippen molar-refractivity contribution in [1.29, 1.82) is 0 Å². The molecule has 0 N–H and O–H groups in total. The Balaban J connectivity index is 1.21. The van der Waals surface area contributed by atoms with Gasteiger partial charge in [0.1, 0.15) is 6.10 Å². The number of aryl methyl sites for hydroxylation is 1. The van der Waals surface area contributed by atoms with Gasteiger partial charge in [0.25, 0.3) is 6.04 Å².